The second kappa shape index (κ2) is 3.66. The summed E-state index contributed by atoms with van der Waals surface area (Å²) in [5.41, 5.74) is 7.60. The third kappa shape index (κ3) is 1.45. The van der Waals surface area contributed by atoms with Gasteiger partial charge in [0.25, 0.3) is 0 Å². The minimum atomic E-state index is -0.0719. The molecule has 0 spiro atoms. The molecule has 0 unspecified atom stereocenters. The summed E-state index contributed by atoms with van der Waals surface area (Å²) in [7, 11) is 1.69. The molecule has 7 heteroatoms. The summed E-state index contributed by atoms with van der Waals surface area (Å²) in [4.78, 5) is 23.6. The molecule has 3 aromatic rings. The average Bonchev–Trinajstić information content (AvgIpc) is 2.78. The topological polar surface area (TPSA) is 91.6 Å². The number of fused-ring (bicyclic) bond motifs is 1. The van der Waals surface area contributed by atoms with Crippen LogP contribution in [0.15, 0.2) is 35.8 Å². The van der Waals surface area contributed by atoms with Crippen molar-refractivity contribution in [1.29, 1.82) is 0 Å². The van der Waals surface area contributed by atoms with Crippen LogP contribution in [0, 0.1) is 0 Å². The Morgan fingerprint density at radius 1 is 1.22 bits per heavy atom. The molecule has 0 saturated heterocycles. The van der Waals surface area contributed by atoms with Crippen molar-refractivity contribution < 1.29 is 0 Å². The Labute approximate surface area is 102 Å². The molecule has 2 N–H and O–H groups in total. The van der Waals surface area contributed by atoms with Crippen molar-refractivity contribution in [2.75, 3.05) is 5.73 Å². The lowest BCUT2D eigenvalue weighted by atomic mass is 10.4. The van der Waals surface area contributed by atoms with Gasteiger partial charge in [-0.1, -0.05) is 0 Å². The predicted octanol–water partition coefficient (Wildman–Crippen LogP) is 0.0964. The van der Waals surface area contributed by atoms with E-state index in [1.165, 1.54) is 17.0 Å². The maximum Gasteiger partial charge on any atom is 0.250 e. The van der Waals surface area contributed by atoms with Gasteiger partial charge in [0.05, 0.1) is 5.69 Å². The number of hydrogen-bond acceptors (Lipinski definition) is 5. The van der Waals surface area contributed by atoms with Crippen molar-refractivity contribution in [1.82, 2.24) is 24.1 Å². The number of nitrogens with two attached hydrogens (primary N) is 1. The molecule has 0 amide bonds. The van der Waals surface area contributed by atoms with Gasteiger partial charge in [-0.2, -0.15) is 0 Å². The zero-order chi connectivity index (χ0) is 12.7. The highest BCUT2D eigenvalue weighted by Gasteiger charge is 2.09. The molecule has 3 heterocycles. The molecule has 0 fully saturated rings. The summed E-state index contributed by atoms with van der Waals surface area (Å²) in [6, 6.07) is 3.20. The van der Waals surface area contributed by atoms with Gasteiger partial charge in [-0.3, -0.25) is 9.36 Å². The van der Waals surface area contributed by atoms with Gasteiger partial charge < -0.3 is 10.3 Å². The van der Waals surface area contributed by atoms with Gasteiger partial charge in [-0.05, 0) is 6.07 Å². The van der Waals surface area contributed by atoms with E-state index in [1.807, 2.05) is 0 Å². The first-order chi connectivity index (χ1) is 8.66. The van der Waals surface area contributed by atoms with E-state index < -0.39 is 0 Å². The maximum absolute atomic E-state index is 11.4. The molecule has 0 aliphatic carbocycles. The minimum absolute atomic E-state index is 0.0719. The molecule has 0 aliphatic rings. The normalized spacial score (nSPS) is 10.9. The average molecular weight is 242 g/mol. The van der Waals surface area contributed by atoms with Crippen LogP contribution >= 0.6 is 0 Å². The number of pyridine rings is 1. The van der Waals surface area contributed by atoms with Crippen LogP contribution in [-0.2, 0) is 7.05 Å². The smallest absolute Gasteiger partial charge is 0.250 e. The zero-order valence-corrected chi connectivity index (χ0v) is 9.61. The summed E-state index contributed by atoms with van der Waals surface area (Å²) in [6.45, 7) is 0. The van der Waals surface area contributed by atoms with Gasteiger partial charge >= 0.3 is 0 Å². The largest absolute Gasteiger partial charge is 0.382 e. The van der Waals surface area contributed by atoms with Crippen LogP contribution < -0.4 is 11.3 Å². The number of aryl methyl sites for hydroxylation is 1. The molecule has 3 rings (SSSR count). The van der Waals surface area contributed by atoms with E-state index in [-0.39, 0.29) is 5.56 Å². The van der Waals surface area contributed by atoms with E-state index >= 15 is 0 Å². The number of hydrogen-bond donors (Lipinski definition) is 1. The van der Waals surface area contributed by atoms with Crippen LogP contribution in [0.2, 0.25) is 0 Å². The van der Waals surface area contributed by atoms with E-state index in [0.717, 1.165) is 5.69 Å². The second-order valence-corrected chi connectivity index (χ2v) is 3.88. The summed E-state index contributed by atoms with van der Waals surface area (Å²) >= 11 is 0. The number of nitrogen functional groups attached to an aromatic ring is 1. The number of aromatic nitrogens is 5. The van der Waals surface area contributed by atoms with Gasteiger partial charge in [0.1, 0.15) is 12.7 Å². The summed E-state index contributed by atoms with van der Waals surface area (Å²) in [5.74, 6) is 0.337. The van der Waals surface area contributed by atoms with E-state index in [0.29, 0.717) is 17.0 Å². The highest BCUT2D eigenvalue weighted by molar-refractivity contribution is 5.82. The van der Waals surface area contributed by atoms with Crippen LogP contribution in [0.5, 0.6) is 0 Å². The van der Waals surface area contributed by atoms with Gasteiger partial charge in [-0.15, -0.1) is 0 Å². The number of nitrogens with zero attached hydrogens (tertiary/aromatic N) is 5. The van der Waals surface area contributed by atoms with Crippen LogP contribution in [0.4, 0.5) is 5.82 Å². The number of anilines is 1. The minimum Gasteiger partial charge on any atom is -0.382 e. The fourth-order valence-corrected chi connectivity index (χ4v) is 1.76. The third-order valence-corrected chi connectivity index (χ3v) is 2.71. The number of rotatable bonds is 1. The Hall–Kier alpha value is -2.70. The van der Waals surface area contributed by atoms with Crippen molar-refractivity contribution in [3.8, 4) is 5.69 Å². The lowest BCUT2D eigenvalue weighted by Crippen LogP contribution is -2.15. The first kappa shape index (κ1) is 10.5. The highest BCUT2D eigenvalue weighted by Crippen LogP contribution is 2.17. The van der Waals surface area contributed by atoms with Crippen LogP contribution in [0.1, 0.15) is 0 Å². The van der Waals surface area contributed by atoms with Crippen molar-refractivity contribution >= 4 is 17.0 Å². The zero-order valence-electron chi connectivity index (χ0n) is 9.61. The highest BCUT2D eigenvalue weighted by atomic mass is 16.1. The molecule has 3 aromatic heterocycles. The second-order valence-electron chi connectivity index (χ2n) is 3.88. The van der Waals surface area contributed by atoms with Crippen molar-refractivity contribution in [2.24, 2.45) is 7.05 Å². The molecule has 0 aromatic carbocycles. The molecule has 90 valence electrons. The Morgan fingerprint density at radius 3 is 2.83 bits per heavy atom. The first-order valence-corrected chi connectivity index (χ1v) is 5.27. The van der Waals surface area contributed by atoms with Gasteiger partial charge in [-0.25, -0.2) is 15.0 Å². The van der Waals surface area contributed by atoms with Crippen LogP contribution in [0.25, 0.3) is 16.9 Å². The van der Waals surface area contributed by atoms with E-state index in [9.17, 15) is 4.79 Å². The molecular formula is C11H10N6O. The maximum atomic E-state index is 11.4. The quantitative estimate of drug-likeness (QED) is 0.653. The number of imidazole rings is 1. The molecular weight excluding hydrogens is 232 g/mol. The van der Waals surface area contributed by atoms with Crippen molar-refractivity contribution in [3.05, 3.63) is 41.3 Å². The van der Waals surface area contributed by atoms with Gasteiger partial charge in [0.2, 0.25) is 5.56 Å². The summed E-state index contributed by atoms with van der Waals surface area (Å²) in [5, 5.41) is 0. The standard InChI is InChI=1S/C11H10N6O/c1-16-4-7(2-3-8(16)18)17-6-15-9-10(12)13-5-14-11(9)17/h2-6H,1H3,(H2,12,13,14). The fraction of sp³-hybridized carbons (Fsp3) is 0.0909. The molecule has 0 saturated carbocycles. The van der Waals surface area contributed by atoms with E-state index in [4.69, 9.17) is 5.73 Å². The Bertz CT molecular complexity index is 788. The molecule has 7 nitrogen and oxygen atoms in total. The molecule has 18 heavy (non-hydrogen) atoms. The lowest BCUT2D eigenvalue weighted by molar-refractivity contribution is 0.845. The molecule has 0 radical (unpaired) electrons. The summed E-state index contributed by atoms with van der Waals surface area (Å²) < 4.78 is 3.25. The SMILES string of the molecule is Cn1cc(-n2cnc3c(N)ncnc32)ccc1=O. The Balaban J connectivity index is 2.29. The molecule has 0 bridgehead atoms. The monoisotopic (exact) mass is 242 g/mol. The third-order valence-electron chi connectivity index (χ3n) is 2.71. The van der Waals surface area contributed by atoms with Gasteiger partial charge in [0.15, 0.2) is 17.0 Å². The first-order valence-electron chi connectivity index (χ1n) is 5.27. The van der Waals surface area contributed by atoms with Crippen molar-refractivity contribution in [2.45, 2.75) is 0 Å². The van der Waals surface area contributed by atoms with Gasteiger partial charge in [0, 0.05) is 19.3 Å². The Kier molecular flexibility index (Phi) is 2.12. The van der Waals surface area contributed by atoms with E-state index in [2.05, 4.69) is 15.0 Å². The lowest BCUT2D eigenvalue weighted by Gasteiger charge is -2.05. The van der Waals surface area contributed by atoms with Crippen molar-refractivity contribution in [3.63, 3.8) is 0 Å². The summed E-state index contributed by atoms with van der Waals surface area (Å²) in [6.07, 6.45) is 4.70. The van der Waals surface area contributed by atoms with Crippen LogP contribution in [0.3, 0.4) is 0 Å². The Morgan fingerprint density at radius 2 is 2.06 bits per heavy atom. The molecule has 0 aliphatic heterocycles. The molecule has 0 atom stereocenters. The van der Waals surface area contributed by atoms with Crippen LogP contribution in [-0.4, -0.2) is 24.1 Å². The van der Waals surface area contributed by atoms with E-state index in [1.54, 1.807) is 30.2 Å². The fourth-order valence-electron chi connectivity index (χ4n) is 1.76. The predicted molar refractivity (Wildman–Crippen MR) is 66.3 cm³/mol.